The van der Waals surface area contributed by atoms with Crippen molar-refractivity contribution >= 4 is 23.3 Å². The number of methoxy groups -OCH3 is 1. The summed E-state index contributed by atoms with van der Waals surface area (Å²) in [7, 11) is 3.28. The van der Waals surface area contributed by atoms with Gasteiger partial charge in [0.15, 0.2) is 0 Å². The van der Waals surface area contributed by atoms with E-state index in [2.05, 4.69) is 6.92 Å². The van der Waals surface area contributed by atoms with Crippen LogP contribution in [0, 0.1) is 5.92 Å². The van der Waals surface area contributed by atoms with Crippen LogP contribution in [0.1, 0.15) is 17.3 Å². The fraction of sp³-hybridized carbons (Fsp3) is 0.462. The summed E-state index contributed by atoms with van der Waals surface area (Å²) in [6, 6.07) is 5.09. The Morgan fingerprint density at radius 3 is 2.78 bits per heavy atom. The molecule has 0 aromatic heterocycles. The highest BCUT2D eigenvalue weighted by Crippen LogP contribution is 2.27. The van der Waals surface area contributed by atoms with E-state index in [1.54, 1.807) is 18.2 Å². The lowest BCUT2D eigenvalue weighted by molar-refractivity contribution is 0.0601. The van der Waals surface area contributed by atoms with E-state index < -0.39 is 0 Å². The Morgan fingerprint density at radius 1 is 1.56 bits per heavy atom. The molecule has 18 heavy (non-hydrogen) atoms. The van der Waals surface area contributed by atoms with Gasteiger partial charge in [-0.1, -0.05) is 18.5 Å². The van der Waals surface area contributed by atoms with Crippen molar-refractivity contribution < 1.29 is 9.53 Å². The zero-order valence-corrected chi connectivity index (χ0v) is 11.7. The monoisotopic (exact) mass is 270 g/mol. The molecule has 0 saturated carbocycles. The Bertz CT molecular complexity index is 423. The van der Waals surface area contributed by atoms with E-state index in [4.69, 9.17) is 22.1 Å². The van der Waals surface area contributed by atoms with Crippen molar-refractivity contribution in [2.24, 2.45) is 11.7 Å². The molecule has 5 heteroatoms. The topological polar surface area (TPSA) is 55.6 Å². The van der Waals surface area contributed by atoms with Gasteiger partial charge in [-0.05, 0) is 30.7 Å². The lowest BCUT2D eigenvalue weighted by atomic mass is 10.1. The van der Waals surface area contributed by atoms with Gasteiger partial charge in [-0.3, -0.25) is 0 Å². The van der Waals surface area contributed by atoms with E-state index in [1.165, 1.54) is 7.11 Å². The van der Waals surface area contributed by atoms with Crippen LogP contribution in [0.2, 0.25) is 5.02 Å². The molecule has 1 unspecified atom stereocenters. The van der Waals surface area contributed by atoms with Crippen LogP contribution in [0.25, 0.3) is 0 Å². The van der Waals surface area contributed by atoms with Crippen LogP contribution in [-0.4, -0.2) is 33.2 Å². The molecule has 0 saturated heterocycles. The summed E-state index contributed by atoms with van der Waals surface area (Å²) in [5.41, 5.74) is 6.90. The van der Waals surface area contributed by atoms with Crippen LogP contribution < -0.4 is 10.6 Å². The first-order valence-electron chi connectivity index (χ1n) is 5.78. The largest absolute Gasteiger partial charge is 0.465 e. The number of nitrogens with two attached hydrogens (primary N) is 1. The van der Waals surface area contributed by atoms with E-state index in [-0.39, 0.29) is 5.97 Å². The molecular weight excluding hydrogens is 252 g/mol. The van der Waals surface area contributed by atoms with E-state index in [0.717, 1.165) is 12.2 Å². The minimum Gasteiger partial charge on any atom is -0.465 e. The third-order valence-electron chi connectivity index (χ3n) is 2.77. The predicted molar refractivity (Wildman–Crippen MR) is 74.3 cm³/mol. The molecule has 1 aromatic rings. The number of anilines is 1. The summed E-state index contributed by atoms with van der Waals surface area (Å²) in [4.78, 5) is 13.5. The predicted octanol–water partition coefficient (Wildman–Crippen LogP) is 2.16. The second-order valence-electron chi connectivity index (χ2n) is 4.38. The molecule has 1 rings (SSSR count). The SMILES string of the molecule is COC(=O)c1ccc(Cl)c(N(C)CC(C)CN)c1. The molecule has 0 heterocycles. The summed E-state index contributed by atoms with van der Waals surface area (Å²) in [6.07, 6.45) is 0. The molecule has 1 atom stereocenters. The Balaban J connectivity index is 2.96. The molecule has 1 aromatic carbocycles. The van der Waals surface area contributed by atoms with Gasteiger partial charge in [0.25, 0.3) is 0 Å². The third kappa shape index (κ3) is 3.62. The van der Waals surface area contributed by atoms with Gasteiger partial charge in [-0.2, -0.15) is 0 Å². The molecule has 4 nitrogen and oxygen atoms in total. The third-order valence-corrected chi connectivity index (χ3v) is 3.09. The number of carbonyl (C=O) groups excluding carboxylic acids is 1. The Labute approximate surface area is 113 Å². The van der Waals surface area contributed by atoms with Crippen molar-refractivity contribution in [1.82, 2.24) is 0 Å². The molecule has 0 spiro atoms. The van der Waals surface area contributed by atoms with Crippen molar-refractivity contribution in [2.75, 3.05) is 32.1 Å². The van der Waals surface area contributed by atoms with Crippen molar-refractivity contribution in [2.45, 2.75) is 6.92 Å². The van der Waals surface area contributed by atoms with Crippen molar-refractivity contribution in [3.05, 3.63) is 28.8 Å². The second-order valence-corrected chi connectivity index (χ2v) is 4.79. The second kappa shape index (κ2) is 6.61. The number of esters is 1. The molecule has 0 bridgehead atoms. The molecule has 0 fully saturated rings. The summed E-state index contributed by atoms with van der Waals surface area (Å²) in [5.74, 6) is -0.0129. The normalized spacial score (nSPS) is 12.1. The molecule has 2 N–H and O–H groups in total. The van der Waals surface area contributed by atoms with Crippen LogP contribution in [0.15, 0.2) is 18.2 Å². The van der Waals surface area contributed by atoms with Crippen LogP contribution >= 0.6 is 11.6 Å². The number of ether oxygens (including phenoxy) is 1. The fourth-order valence-corrected chi connectivity index (χ4v) is 1.95. The Kier molecular flexibility index (Phi) is 5.44. The van der Waals surface area contributed by atoms with Gasteiger partial charge < -0.3 is 15.4 Å². The number of benzene rings is 1. The first kappa shape index (κ1) is 14.8. The van der Waals surface area contributed by atoms with Crippen LogP contribution in [-0.2, 0) is 4.74 Å². The molecule has 0 amide bonds. The van der Waals surface area contributed by atoms with Gasteiger partial charge in [0.05, 0.1) is 23.4 Å². The van der Waals surface area contributed by atoms with Crippen LogP contribution in [0.3, 0.4) is 0 Å². The van der Waals surface area contributed by atoms with Crippen LogP contribution in [0.4, 0.5) is 5.69 Å². The van der Waals surface area contributed by atoms with Crippen molar-refractivity contribution in [3.63, 3.8) is 0 Å². The maximum atomic E-state index is 11.5. The molecular formula is C13H19ClN2O2. The summed E-state index contributed by atoms with van der Waals surface area (Å²) in [6.45, 7) is 3.45. The van der Waals surface area contributed by atoms with Gasteiger partial charge in [0, 0.05) is 13.6 Å². The first-order chi connectivity index (χ1) is 8.49. The van der Waals surface area contributed by atoms with Crippen LogP contribution in [0.5, 0.6) is 0 Å². The van der Waals surface area contributed by atoms with E-state index in [0.29, 0.717) is 23.0 Å². The van der Waals surface area contributed by atoms with E-state index in [9.17, 15) is 4.79 Å². The minimum absolute atomic E-state index is 0.354. The van der Waals surface area contributed by atoms with Gasteiger partial charge in [0.1, 0.15) is 0 Å². The maximum Gasteiger partial charge on any atom is 0.337 e. The summed E-state index contributed by atoms with van der Waals surface area (Å²) >= 11 is 6.14. The standard InChI is InChI=1S/C13H19ClN2O2/c1-9(7-15)8-16(2)12-6-10(13(17)18-3)4-5-11(12)14/h4-6,9H,7-8,15H2,1-3H3. The van der Waals surface area contributed by atoms with Crippen molar-refractivity contribution in [1.29, 1.82) is 0 Å². The number of hydrogen-bond donors (Lipinski definition) is 1. The number of halogens is 1. The highest BCUT2D eigenvalue weighted by atomic mass is 35.5. The highest BCUT2D eigenvalue weighted by molar-refractivity contribution is 6.33. The lowest BCUT2D eigenvalue weighted by Crippen LogP contribution is -2.28. The molecule has 0 aliphatic heterocycles. The first-order valence-corrected chi connectivity index (χ1v) is 6.16. The summed E-state index contributed by atoms with van der Waals surface area (Å²) < 4.78 is 4.69. The van der Waals surface area contributed by atoms with Gasteiger partial charge in [0.2, 0.25) is 0 Å². The molecule has 0 aliphatic rings. The minimum atomic E-state index is -0.367. The van der Waals surface area contributed by atoms with Gasteiger partial charge in [-0.25, -0.2) is 4.79 Å². The number of rotatable bonds is 5. The lowest BCUT2D eigenvalue weighted by Gasteiger charge is -2.24. The quantitative estimate of drug-likeness (QED) is 0.833. The average Bonchev–Trinajstić information content (AvgIpc) is 2.37. The Hall–Kier alpha value is -1.26. The number of carbonyl (C=O) groups is 1. The smallest absolute Gasteiger partial charge is 0.337 e. The zero-order chi connectivity index (χ0) is 13.7. The highest BCUT2D eigenvalue weighted by Gasteiger charge is 2.13. The summed E-state index contributed by atoms with van der Waals surface area (Å²) in [5, 5.41) is 0.606. The molecule has 0 radical (unpaired) electrons. The number of hydrogen-bond acceptors (Lipinski definition) is 4. The maximum absolute atomic E-state index is 11.5. The fourth-order valence-electron chi connectivity index (χ4n) is 1.69. The molecule has 100 valence electrons. The molecule has 0 aliphatic carbocycles. The van der Waals surface area contributed by atoms with Gasteiger partial charge >= 0.3 is 5.97 Å². The zero-order valence-electron chi connectivity index (χ0n) is 10.9. The Morgan fingerprint density at radius 2 is 2.22 bits per heavy atom. The van der Waals surface area contributed by atoms with Crippen molar-refractivity contribution in [3.8, 4) is 0 Å². The van der Waals surface area contributed by atoms with E-state index >= 15 is 0 Å². The van der Waals surface area contributed by atoms with E-state index in [1.807, 2.05) is 11.9 Å². The number of nitrogens with zero attached hydrogens (tertiary/aromatic N) is 1. The van der Waals surface area contributed by atoms with Gasteiger partial charge in [-0.15, -0.1) is 0 Å². The average molecular weight is 271 g/mol.